The molecule has 0 saturated carbocycles. The first-order chi connectivity index (χ1) is 14.9. The number of hydrogen-bond acceptors (Lipinski definition) is 5. The summed E-state index contributed by atoms with van der Waals surface area (Å²) in [5.41, 5.74) is 1.68. The third-order valence-corrected chi connectivity index (χ3v) is 6.47. The van der Waals surface area contributed by atoms with Gasteiger partial charge < -0.3 is 14.8 Å². The van der Waals surface area contributed by atoms with E-state index < -0.39 is 22.5 Å². The molecule has 0 aliphatic rings. The van der Waals surface area contributed by atoms with Crippen LogP contribution in [-0.4, -0.2) is 35.1 Å². The summed E-state index contributed by atoms with van der Waals surface area (Å²) < 4.78 is 38.7. The molecule has 0 atom stereocenters. The van der Waals surface area contributed by atoms with Gasteiger partial charge in [-0.1, -0.05) is 36.4 Å². The molecule has 0 unspecified atom stereocenters. The van der Waals surface area contributed by atoms with Crippen molar-refractivity contribution in [3.63, 3.8) is 0 Å². The monoisotopic (exact) mass is 440 g/mol. The van der Waals surface area contributed by atoms with Crippen molar-refractivity contribution in [2.45, 2.75) is 11.8 Å². The molecule has 0 aromatic heterocycles. The number of nitrogens with zero attached hydrogens (tertiary/aromatic N) is 1. The summed E-state index contributed by atoms with van der Waals surface area (Å²) in [7, 11) is -1.16. The number of sulfonamides is 1. The first-order valence-electron chi connectivity index (χ1n) is 9.52. The van der Waals surface area contributed by atoms with Crippen molar-refractivity contribution in [2.24, 2.45) is 0 Å². The molecule has 7 nitrogen and oxygen atoms in total. The van der Waals surface area contributed by atoms with Gasteiger partial charge in [-0.25, -0.2) is 8.42 Å². The topological polar surface area (TPSA) is 84.9 Å². The van der Waals surface area contributed by atoms with Gasteiger partial charge in [-0.05, 0) is 42.8 Å². The number of hydrogen-bond donors (Lipinski definition) is 1. The highest BCUT2D eigenvalue weighted by molar-refractivity contribution is 7.92. The summed E-state index contributed by atoms with van der Waals surface area (Å²) in [6.45, 7) is 1.41. The minimum Gasteiger partial charge on any atom is -0.497 e. The fourth-order valence-corrected chi connectivity index (χ4v) is 4.49. The smallest absolute Gasteiger partial charge is 0.264 e. The summed E-state index contributed by atoms with van der Waals surface area (Å²) in [6, 6.07) is 20.0. The standard InChI is InChI=1S/C23H24N2O5S/c1-17-9-7-8-12-20(17)24-23(26)16-25(31(27,28)19-10-5-4-6-11-19)21-15-18(29-2)13-14-22(21)30-3/h4-15H,16H2,1-3H3,(H,24,26). The van der Waals surface area contributed by atoms with E-state index in [0.29, 0.717) is 17.2 Å². The average molecular weight is 441 g/mol. The maximum Gasteiger partial charge on any atom is 0.264 e. The van der Waals surface area contributed by atoms with Crippen LogP contribution in [0.1, 0.15) is 5.56 Å². The van der Waals surface area contributed by atoms with Gasteiger partial charge in [0.05, 0.1) is 24.8 Å². The molecular formula is C23H24N2O5S. The number of rotatable bonds is 8. The van der Waals surface area contributed by atoms with Crippen molar-refractivity contribution >= 4 is 27.3 Å². The normalized spacial score (nSPS) is 10.9. The van der Waals surface area contributed by atoms with Crippen LogP contribution in [-0.2, 0) is 14.8 Å². The molecule has 0 fully saturated rings. The van der Waals surface area contributed by atoms with Gasteiger partial charge in [0.15, 0.2) is 0 Å². The number of ether oxygens (including phenoxy) is 2. The Morgan fingerprint density at radius 3 is 2.26 bits per heavy atom. The zero-order valence-corrected chi connectivity index (χ0v) is 18.3. The highest BCUT2D eigenvalue weighted by Gasteiger charge is 2.30. The summed E-state index contributed by atoms with van der Waals surface area (Å²) >= 11 is 0. The van der Waals surface area contributed by atoms with Gasteiger partial charge in [0, 0.05) is 11.8 Å². The predicted molar refractivity (Wildman–Crippen MR) is 120 cm³/mol. The molecule has 162 valence electrons. The van der Waals surface area contributed by atoms with Crippen molar-refractivity contribution in [1.29, 1.82) is 0 Å². The Morgan fingerprint density at radius 2 is 1.61 bits per heavy atom. The highest BCUT2D eigenvalue weighted by Crippen LogP contribution is 2.35. The van der Waals surface area contributed by atoms with Gasteiger partial charge >= 0.3 is 0 Å². The number of para-hydroxylation sites is 1. The number of anilines is 2. The van der Waals surface area contributed by atoms with Crippen molar-refractivity contribution in [1.82, 2.24) is 0 Å². The molecule has 0 heterocycles. The number of aryl methyl sites for hydroxylation is 1. The van der Waals surface area contributed by atoms with Gasteiger partial charge in [0.2, 0.25) is 5.91 Å². The lowest BCUT2D eigenvalue weighted by Gasteiger charge is -2.26. The molecule has 0 aliphatic heterocycles. The fraction of sp³-hybridized carbons (Fsp3) is 0.174. The molecule has 1 N–H and O–H groups in total. The molecule has 0 bridgehead atoms. The molecule has 0 spiro atoms. The molecule has 31 heavy (non-hydrogen) atoms. The van der Waals surface area contributed by atoms with Crippen LogP contribution in [0, 0.1) is 6.92 Å². The van der Waals surface area contributed by atoms with E-state index in [-0.39, 0.29) is 10.6 Å². The summed E-state index contributed by atoms with van der Waals surface area (Å²) in [5, 5.41) is 2.78. The van der Waals surface area contributed by atoms with Crippen LogP contribution in [0.2, 0.25) is 0 Å². The second-order valence-electron chi connectivity index (χ2n) is 6.73. The summed E-state index contributed by atoms with van der Waals surface area (Å²) in [5.74, 6) is 0.242. The Bertz CT molecular complexity index is 1160. The number of amides is 1. The Labute approximate surface area is 182 Å². The predicted octanol–water partition coefficient (Wildman–Crippen LogP) is 3.85. The van der Waals surface area contributed by atoms with E-state index in [1.807, 2.05) is 19.1 Å². The second kappa shape index (κ2) is 9.53. The van der Waals surface area contributed by atoms with Crippen LogP contribution in [0.3, 0.4) is 0 Å². The first kappa shape index (κ1) is 22.2. The lowest BCUT2D eigenvalue weighted by molar-refractivity contribution is -0.114. The average Bonchev–Trinajstić information content (AvgIpc) is 2.79. The maximum absolute atomic E-state index is 13.5. The minimum atomic E-state index is -4.07. The van der Waals surface area contributed by atoms with Crippen LogP contribution in [0.15, 0.2) is 77.7 Å². The van der Waals surface area contributed by atoms with Crippen LogP contribution < -0.4 is 19.1 Å². The van der Waals surface area contributed by atoms with Gasteiger partial charge in [-0.3, -0.25) is 9.10 Å². The maximum atomic E-state index is 13.5. The van der Waals surface area contributed by atoms with Crippen molar-refractivity contribution in [3.8, 4) is 11.5 Å². The van der Waals surface area contributed by atoms with Crippen LogP contribution >= 0.6 is 0 Å². The highest BCUT2D eigenvalue weighted by atomic mass is 32.2. The summed E-state index contributed by atoms with van der Waals surface area (Å²) in [6.07, 6.45) is 0. The molecule has 3 aromatic carbocycles. The van der Waals surface area contributed by atoms with Crippen molar-refractivity contribution in [3.05, 3.63) is 78.4 Å². The van der Waals surface area contributed by atoms with E-state index in [2.05, 4.69) is 5.32 Å². The molecule has 8 heteroatoms. The Balaban J connectivity index is 2.05. The molecule has 3 aromatic rings. The van der Waals surface area contributed by atoms with Gasteiger partial charge in [0.1, 0.15) is 18.0 Å². The van der Waals surface area contributed by atoms with Crippen LogP contribution in [0.4, 0.5) is 11.4 Å². The van der Waals surface area contributed by atoms with E-state index >= 15 is 0 Å². The molecule has 0 saturated heterocycles. The minimum absolute atomic E-state index is 0.0589. The number of nitrogens with one attached hydrogen (secondary N) is 1. The number of methoxy groups -OCH3 is 2. The second-order valence-corrected chi connectivity index (χ2v) is 8.59. The number of benzene rings is 3. The van der Waals surface area contributed by atoms with E-state index in [0.717, 1.165) is 9.87 Å². The van der Waals surface area contributed by atoms with E-state index in [4.69, 9.17) is 9.47 Å². The molecule has 0 aliphatic carbocycles. The number of carbonyl (C=O) groups is 1. The van der Waals surface area contributed by atoms with Gasteiger partial charge in [0.25, 0.3) is 10.0 Å². The van der Waals surface area contributed by atoms with E-state index in [1.54, 1.807) is 42.5 Å². The SMILES string of the molecule is COc1ccc(OC)c(N(CC(=O)Nc2ccccc2C)S(=O)(=O)c2ccccc2)c1. The lowest BCUT2D eigenvalue weighted by atomic mass is 10.2. The Kier molecular flexibility index (Phi) is 6.81. The third kappa shape index (κ3) is 4.97. The van der Waals surface area contributed by atoms with E-state index in [9.17, 15) is 13.2 Å². The number of carbonyl (C=O) groups excluding carboxylic acids is 1. The molecule has 3 rings (SSSR count). The van der Waals surface area contributed by atoms with Crippen LogP contribution in [0.5, 0.6) is 11.5 Å². The fourth-order valence-electron chi connectivity index (χ4n) is 3.04. The largest absolute Gasteiger partial charge is 0.497 e. The molecular weight excluding hydrogens is 416 g/mol. The Morgan fingerprint density at radius 1 is 0.935 bits per heavy atom. The van der Waals surface area contributed by atoms with Gasteiger partial charge in [-0.2, -0.15) is 0 Å². The Hall–Kier alpha value is -3.52. The quantitative estimate of drug-likeness (QED) is 0.575. The third-order valence-electron chi connectivity index (χ3n) is 4.69. The zero-order chi connectivity index (χ0) is 22.4. The van der Waals surface area contributed by atoms with Gasteiger partial charge in [-0.15, -0.1) is 0 Å². The summed E-state index contributed by atoms with van der Waals surface area (Å²) in [4.78, 5) is 13.0. The zero-order valence-electron chi connectivity index (χ0n) is 17.5. The van der Waals surface area contributed by atoms with Crippen molar-refractivity contribution in [2.75, 3.05) is 30.4 Å². The lowest BCUT2D eigenvalue weighted by Crippen LogP contribution is -2.38. The van der Waals surface area contributed by atoms with Crippen LogP contribution in [0.25, 0.3) is 0 Å². The first-order valence-corrected chi connectivity index (χ1v) is 11.0. The van der Waals surface area contributed by atoms with E-state index in [1.165, 1.54) is 32.4 Å². The molecule has 0 radical (unpaired) electrons. The van der Waals surface area contributed by atoms with Crippen molar-refractivity contribution < 1.29 is 22.7 Å². The molecule has 1 amide bonds.